The zero-order chi connectivity index (χ0) is 14.5. The number of benzene rings is 1. The van der Waals surface area contributed by atoms with Gasteiger partial charge in [-0.25, -0.2) is 4.98 Å². The second-order valence-electron chi connectivity index (χ2n) is 5.53. The molecule has 0 spiro atoms. The molecular weight excluding hydrogens is 316 g/mol. The monoisotopic (exact) mass is 338 g/mol. The van der Waals surface area contributed by atoms with Gasteiger partial charge in [-0.2, -0.15) is 0 Å². The molecule has 120 valence electrons. The smallest absolute Gasteiger partial charge is 0.119 e. The Morgan fingerprint density at radius 3 is 2.95 bits per heavy atom. The van der Waals surface area contributed by atoms with E-state index in [9.17, 15) is 0 Å². The quantitative estimate of drug-likeness (QED) is 0.868. The minimum atomic E-state index is 0. The van der Waals surface area contributed by atoms with Crippen LogP contribution in [0.1, 0.15) is 40.2 Å². The second-order valence-corrected chi connectivity index (χ2v) is 6.47. The standard InChI is InChI=1S/C17H22N2OS.ClH/c1-20-11-17-19-15(12-21-17)10-18-9-14-7-4-6-13-5-2-3-8-16(13)14;/h4,6-7,12,18H,2-3,5,8-11H2,1H3;1H. The van der Waals surface area contributed by atoms with Crippen molar-refractivity contribution in [1.82, 2.24) is 10.3 Å². The Labute approximate surface area is 142 Å². The fraction of sp³-hybridized carbons (Fsp3) is 0.471. The first-order valence-electron chi connectivity index (χ1n) is 7.59. The lowest BCUT2D eigenvalue weighted by Gasteiger charge is -2.19. The summed E-state index contributed by atoms with van der Waals surface area (Å²) in [5.41, 5.74) is 5.70. The van der Waals surface area contributed by atoms with Crippen LogP contribution in [0.3, 0.4) is 0 Å². The highest BCUT2D eigenvalue weighted by molar-refractivity contribution is 7.09. The van der Waals surface area contributed by atoms with Gasteiger partial charge in [0.15, 0.2) is 0 Å². The van der Waals surface area contributed by atoms with Crippen molar-refractivity contribution in [1.29, 1.82) is 0 Å². The molecule has 3 rings (SSSR count). The third-order valence-electron chi connectivity index (χ3n) is 3.98. The summed E-state index contributed by atoms with van der Waals surface area (Å²) in [5.74, 6) is 0. The molecule has 1 N–H and O–H groups in total. The molecule has 0 saturated carbocycles. The van der Waals surface area contributed by atoms with Gasteiger partial charge in [-0.05, 0) is 42.4 Å². The number of fused-ring (bicyclic) bond motifs is 1. The van der Waals surface area contributed by atoms with E-state index in [0.717, 1.165) is 23.8 Å². The molecule has 0 atom stereocenters. The second kappa shape index (κ2) is 8.63. The van der Waals surface area contributed by atoms with Crippen LogP contribution in [0.15, 0.2) is 23.6 Å². The number of nitrogens with one attached hydrogen (secondary N) is 1. The van der Waals surface area contributed by atoms with Crippen LogP contribution in [0.4, 0.5) is 0 Å². The van der Waals surface area contributed by atoms with Gasteiger partial charge in [0, 0.05) is 25.6 Å². The van der Waals surface area contributed by atoms with Crippen LogP contribution in [-0.4, -0.2) is 12.1 Å². The normalized spacial score (nSPS) is 13.5. The summed E-state index contributed by atoms with van der Waals surface area (Å²) in [6.07, 6.45) is 5.15. The van der Waals surface area contributed by atoms with Gasteiger partial charge in [-0.3, -0.25) is 0 Å². The molecule has 1 aliphatic carbocycles. The molecule has 0 amide bonds. The van der Waals surface area contributed by atoms with Gasteiger partial charge < -0.3 is 10.1 Å². The number of hydrogen-bond donors (Lipinski definition) is 1. The van der Waals surface area contributed by atoms with Crippen molar-refractivity contribution < 1.29 is 4.74 Å². The van der Waals surface area contributed by atoms with Crippen LogP contribution in [0, 0.1) is 0 Å². The molecule has 5 heteroatoms. The third kappa shape index (κ3) is 4.29. The van der Waals surface area contributed by atoms with E-state index in [2.05, 4.69) is 33.9 Å². The van der Waals surface area contributed by atoms with Crippen LogP contribution in [0.25, 0.3) is 0 Å². The predicted octanol–water partition coefficient (Wildman–Crippen LogP) is 3.88. The molecular formula is C17H23ClN2OS. The number of hydrogen-bond acceptors (Lipinski definition) is 4. The van der Waals surface area contributed by atoms with E-state index in [4.69, 9.17) is 4.74 Å². The molecule has 1 heterocycles. The number of rotatable bonds is 6. The number of ether oxygens (including phenoxy) is 1. The fourth-order valence-corrected chi connectivity index (χ4v) is 3.74. The Morgan fingerprint density at radius 2 is 2.09 bits per heavy atom. The maximum Gasteiger partial charge on any atom is 0.119 e. The summed E-state index contributed by atoms with van der Waals surface area (Å²) in [6.45, 7) is 2.36. The number of aryl methyl sites for hydroxylation is 1. The lowest BCUT2D eigenvalue weighted by atomic mass is 9.88. The fourth-order valence-electron chi connectivity index (χ4n) is 2.97. The van der Waals surface area contributed by atoms with E-state index in [1.54, 1.807) is 29.6 Å². The lowest BCUT2D eigenvalue weighted by molar-refractivity contribution is 0.184. The van der Waals surface area contributed by atoms with Gasteiger partial charge in [-0.1, -0.05) is 18.2 Å². The van der Waals surface area contributed by atoms with Gasteiger partial charge in [0.1, 0.15) is 5.01 Å². The highest BCUT2D eigenvalue weighted by atomic mass is 35.5. The number of halogens is 1. The largest absolute Gasteiger partial charge is 0.378 e. The summed E-state index contributed by atoms with van der Waals surface area (Å²) >= 11 is 1.67. The van der Waals surface area contributed by atoms with Crippen molar-refractivity contribution >= 4 is 23.7 Å². The number of nitrogens with zero attached hydrogens (tertiary/aromatic N) is 1. The summed E-state index contributed by atoms with van der Waals surface area (Å²) in [7, 11) is 1.71. The zero-order valence-electron chi connectivity index (χ0n) is 12.9. The lowest BCUT2D eigenvalue weighted by Crippen LogP contribution is -2.16. The van der Waals surface area contributed by atoms with Crippen molar-refractivity contribution in [3.63, 3.8) is 0 Å². The van der Waals surface area contributed by atoms with Gasteiger partial charge in [0.05, 0.1) is 12.3 Å². The zero-order valence-corrected chi connectivity index (χ0v) is 14.6. The SMILES string of the molecule is COCc1nc(CNCc2cccc3c2CCCC3)cs1.Cl. The maximum absolute atomic E-state index is 5.10. The Kier molecular flexibility index (Phi) is 6.83. The van der Waals surface area contributed by atoms with E-state index in [1.807, 2.05) is 0 Å². The van der Waals surface area contributed by atoms with Gasteiger partial charge in [0.2, 0.25) is 0 Å². The van der Waals surface area contributed by atoms with Crippen LogP contribution < -0.4 is 5.32 Å². The molecule has 0 saturated heterocycles. The van der Waals surface area contributed by atoms with Gasteiger partial charge in [-0.15, -0.1) is 23.7 Å². The first-order valence-corrected chi connectivity index (χ1v) is 8.47. The van der Waals surface area contributed by atoms with E-state index in [-0.39, 0.29) is 12.4 Å². The van der Waals surface area contributed by atoms with E-state index >= 15 is 0 Å². The Bertz CT molecular complexity index is 600. The van der Waals surface area contributed by atoms with E-state index < -0.39 is 0 Å². The molecule has 0 bridgehead atoms. The van der Waals surface area contributed by atoms with Crippen LogP contribution in [0.2, 0.25) is 0 Å². The van der Waals surface area contributed by atoms with Crippen LogP contribution in [0.5, 0.6) is 0 Å². The summed E-state index contributed by atoms with van der Waals surface area (Å²) in [5, 5.41) is 6.69. The highest BCUT2D eigenvalue weighted by Gasteiger charge is 2.12. The minimum absolute atomic E-state index is 0. The molecule has 0 unspecified atom stereocenters. The highest BCUT2D eigenvalue weighted by Crippen LogP contribution is 2.24. The average Bonchev–Trinajstić information content (AvgIpc) is 2.96. The molecule has 22 heavy (non-hydrogen) atoms. The maximum atomic E-state index is 5.10. The molecule has 0 fully saturated rings. The molecule has 0 radical (unpaired) electrons. The summed E-state index contributed by atoms with van der Waals surface area (Å²) in [6, 6.07) is 6.74. The van der Waals surface area contributed by atoms with Crippen molar-refractivity contribution in [2.24, 2.45) is 0 Å². The summed E-state index contributed by atoms with van der Waals surface area (Å²) < 4.78 is 5.10. The predicted molar refractivity (Wildman–Crippen MR) is 93.7 cm³/mol. The van der Waals surface area contributed by atoms with Crippen molar-refractivity contribution in [3.05, 3.63) is 51.0 Å². The Hall–Kier alpha value is -0.940. The first-order chi connectivity index (χ1) is 10.4. The molecule has 1 aromatic carbocycles. The molecule has 3 nitrogen and oxygen atoms in total. The first kappa shape index (κ1) is 17.4. The minimum Gasteiger partial charge on any atom is -0.378 e. The average molecular weight is 339 g/mol. The van der Waals surface area contributed by atoms with Gasteiger partial charge >= 0.3 is 0 Å². The number of aromatic nitrogens is 1. The molecule has 1 aliphatic rings. The van der Waals surface area contributed by atoms with E-state index in [1.165, 1.54) is 31.2 Å². The molecule has 2 aromatic rings. The topological polar surface area (TPSA) is 34.1 Å². The van der Waals surface area contributed by atoms with Crippen molar-refractivity contribution in [3.8, 4) is 0 Å². The Morgan fingerprint density at radius 1 is 1.23 bits per heavy atom. The van der Waals surface area contributed by atoms with E-state index in [0.29, 0.717) is 6.61 Å². The van der Waals surface area contributed by atoms with Crippen LogP contribution in [-0.2, 0) is 37.3 Å². The number of methoxy groups -OCH3 is 1. The Balaban J connectivity index is 0.00000176. The van der Waals surface area contributed by atoms with Gasteiger partial charge in [0.25, 0.3) is 0 Å². The number of thiazole rings is 1. The third-order valence-corrected chi connectivity index (χ3v) is 4.85. The van der Waals surface area contributed by atoms with Crippen molar-refractivity contribution in [2.45, 2.75) is 45.4 Å². The molecule has 0 aliphatic heterocycles. The molecule has 1 aromatic heterocycles. The van der Waals surface area contributed by atoms with Crippen LogP contribution >= 0.6 is 23.7 Å². The van der Waals surface area contributed by atoms with Crippen molar-refractivity contribution in [2.75, 3.05) is 7.11 Å². The summed E-state index contributed by atoms with van der Waals surface area (Å²) in [4.78, 5) is 4.55.